The first-order chi connectivity index (χ1) is 15.7. The monoisotopic (exact) mass is 530 g/mol. The number of ether oxygens (including phenoxy) is 1. The van der Waals surface area contributed by atoms with Crippen LogP contribution in [0.5, 0.6) is 5.75 Å². The van der Waals surface area contributed by atoms with E-state index in [1.165, 1.54) is 33.8 Å². The van der Waals surface area contributed by atoms with Gasteiger partial charge in [0.05, 0.1) is 12.0 Å². The van der Waals surface area contributed by atoms with Crippen LogP contribution < -0.4 is 4.74 Å². The van der Waals surface area contributed by atoms with E-state index >= 15 is 0 Å². The number of carbonyl (C=O) groups is 1. The number of hydrogen-bond donors (Lipinski definition) is 0. The van der Waals surface area contributed by atoms with Gasteiger partial charge in [-0.05, 0) is 39.9 Å². The highest BCUT2D eigenvalue weighted by molar-refractivity contribution is 8.12. The van der Waals surface area contributed by atoms with Crippen molar-refractivity contribution in [2.24, 2.45) is 0 Å². The van der Waals surface area contributed by atoms with E-state index in [0.717, 1.165) is 35.3 Å². The number of allylic oxidation sites excluding steroid dienone is 1. The molecule has 2 nitrogen and oxygen atoms in total. The number of thioether (sulfide) groups is 2. The van der Waals surface area contributed by atoms with Crippen LogP contribution in [0.3, 0.4) is 0 Å². The van der Waals surface area contributed by atoms with Gasteiger partial charge in [-0.15, -0.1) is 68.9 Å². The van der Waals surface area contributed by atoms with E-state index < -0.39 is 0 Å². The van der Waals surface area contributed by atoms with Gasteiger partial charge in [0.15, 0.2) is 6.29 Å². The number of methoxy groups -OCH3 is 1. The molecule has 6 rings (SSSR count). The highest BCUT2D eigenvalue weighted by Crippen LogP contribution is 2.53. The van der Waals surface area contributed by atoms with Gasteiger partial charge in [-0.2, -0.15) is 0 Å². The summed E-state index contributed by atoms with van der Waals surface area (Å²) < 4.78 is 8.19. The minimum atomic E-state index is 0.534. The zero-order chi connectivity index (χ0) is 21.7. The van der Waals surface area contributed by atoms with Gasteiger partial charge in [-0.1, -0.05) is 12.2 Å². The maximum Gasteiger partial charge on any atom is 0.151 e. The fraction of sp³-hybridized carbons (Fsp3) is 0.208. The molecule has 0 aromatic carbocycles. The van der Waals surface area contributed by atoms with Crippen molar-refractivity contribution in [3.8, 4) is 5.75 Å². The van der Waals surface area contributed by atoms with Crippen LogP contribution in [0.4, 0.5) is 0 Å². The molecule has 0 saturated heterocycles. The molecule has 4 aromatic rings. The molecule has 0 bridgehead atoms. The van der Waals surface area contributed by atoms with Crippen molar-refractivity contribution in [2.45, 2.75) is 23.3 Å². The van der Waals surface area contributed by atoms with Gasteiger partial charge in [-0.3, -0.25) is 4.79 Å². The third-order valence-electron chi connectivity index (χ3n) is 5.54. The lowest BCUT2D eigenvalue weighted by Gasteiger charge is -2.05. The predicted octanol–water partition coefficient (Wildman–Crippen LogP) is 8.20. The Bertz CT molecular complexity index is 1330. The molecule has 8 heteroatoms. The van der Waals surface area contributed by atoms with Crippen molar-refractivity contribution in [1.82, 2.24) is 0 Å². The fourth-order valence-electron chi connectivity index (χ4n) is 4.01. The van der Waals surface area contributed by atoms with Crippen LogP contribution in [0.2, 0.25) is 0 Å². The van der Waals surface area contributed by atoms with Gasteiger partial charge in [0.2, 0.25) is 0 Å². The van der Waals surface area contributed by atoms with E-state index in [-0.39, 0.29) is 0 Å². The molecule has 6 heterocycles. The highest BCUT2D eigenvalue weighted by atomic mass is 32.2. The standard InChI is InChI=1S/C24H18O2S6/c1-26-16-3-5-28-18(16)7-15-9-20-22(30-15)11-24(32-20)23-10-21-19(31-23)8-14(29-21)6-17-13(12-25)2-4-27-17/h2-5,8-12,20,22H,6-7H2,1H3. The molecule has 0 saturated carbocycles. The summed E-state index contributed by atoms with van der Waals surface area (Å²) in [5.41, 5.74) is 0.828. The maximum absolute atomic E-state index is 11.2. The first kappa shape index (κ1) is 21.3. The SMILES string of the molecule is COc1ccsc1CC1=CC2SC(c3cc4sc(Cc5sccc5C=O)cc4s3)=CC2S1. The summed E-state index contributed by atoms with van der Waals surface area (Å²) in [5.74, 6) is 1.01. The van der Waals surface area contributed by atoms with Crippen molar-refractivity contribution in [3.63, 3.8) is 0 Å². The molecule has 2 aliphatic rings. The van der Waals surface area contributed by atoms with E-state index in [0.29, 0.717) is 10.5 Å². The Kier molecular flexibility index (Phi) is 5.86. The van der Waals surface area contributed by atoms with Crippen molar-refractivity contribution < 1.29 is 9.53 Å². The molecule has 0 aliphatic carbocycles. The Morgan fingerprint density at radius 3 is 2.56 bits per heavy atom. The molecule has 0 N–H and O–H groups in total. The zero-order valence-electron chi connectivity index (χ0n) is 17.0. The first-order valence-electron chi connectivity index (χ1n) is 10.1. The summed E-state index contributed by atoms with van der Waals surface area (Å²) in [6.45, 7) is 0. The van der Waals surface area contributed by atoms with Crippen LogP contribution >= 0.6 is 68.9 Å². The molecule has 4 aromatic heterocycles. The molecule has 2 atom stereocenters. The predicted molar refractivity (Wildman–Crippen MR) is 146 cm³/mol. The van der Waals surface area contributed by atoms with Gasteiger partial charge in [-0.25, -0.2) is 0 Å². The van der Waals surface area contributed by atoms with Gasteiger partial charge in [0, 0.05) is 57.8 Å². The Morgan fingerprint density at radius 1 is 0.938 bits per heavy atom. The normalized spacial score (nSPS) is 19.9. The molecule has 2 aliphatic heterocycles. The number of aldehydes is 1. The highest BCUT2D eigenvalue weighted by Gasteiger charge is 2.34. The Balaban J connectivity index is 1.14. The molecule has 0 spiro atoms. The van der Waals surface area contributed by atoms with Crippen molar-refractivity contribution in [2.75, 3.05) is 7.11 Å². The third-order valence-corrected chi connectivity index (χ3v) is 12.6. The van der Waals surface area contributed by atoms with Crippen LogP contribution in [-0.2, 0) is 12.8 Å². The Morgan fingerprint density at radius 2 is 1.75 bits per heavy atom. The minimum absolute atomic E-state index is 0.534. The second-order valence-electron chi connectivity index (χ2n) is 7.56. The second kappa shape index (κ2) is 8.81. The van der Waals surface area contributed by atoms with Gasteiger partial charge >= 0.3 is 0 Å². The number of hydrogen-bond acceptors (Lipinski definition) is 8. The van der Waals surface area contributed by atoms with Gasteiger partial charge in [0.1, 0.15) is 5.75 Å². The number of rotatable bonds is 7. The van der Waals surface area contributed by atoms with E-state index in [4.69, 9.17) is 4.74 Å². The van der Waals surface area contributed by atoms with Gasteiger partial charge < -0.3 is 4.74 Å². The van der Waals surface area contributed by atoms with Crippen LogP contribution in [0.1, 0.15) is 29.9 Å². The van der Waals surface area contributed by atoms with Crippen LogP contribution in [0.25, 0.3) is 14.3 Å². The summed E-state index contributed by atoms with van der Waals surface area (Å²) in [5, 5.41) is 5.18. The Hall–Kier alpha value is -1.29. The summed E-state index contributed by atoms with van der Waals surface area (Å²) in [7, 11) is 1.75. The van der Waals surface area contributed by atoms with E-state index in [1.807, 2.05) is 57.6 Å². The molecule has 0 fully saturated rings. The average molecular weight is 531 g/mol. The molecule has 32 heavy (non-hydrogen) atoms. The second-order valence-corrected chi connectivity index (χ2v) is 14.3. The maximum atomic E-state index is 11.2. The van der Waals surface area contributed by atoms with E-state index in [1.54, 1.807) is 29.8 Å². The number of carbonyl (C=O) groups excluding carboxylic acids is 1. The lowest BCUT2D eigenvalue weighted by Crippen LogP contribution is -2.04. The molecular weight excluding hydrogens is 513 g/mol. The summed E-state index contributed by atoms with van der Waals surface area (Å²) >= 11 is 11.2. The van der Waals surface area contributed by atoms with Gasteiger partial charge in [0.25, 0.3) is 0 Å². The fourth-order valence-corrected chi connectivity index (χ4v) is 11.4. The van der Waals surface area contributed by atoms with E-state index in [2.05, 4.69) is 35.7 Å². The largest absolute Gasteiger partial charge is 0.496 e. The number of thiophene rings is 4. The molecule has 0 radical (unpaired) electrons. The quantitative estimate of drug-likeness (QED) is 0.225. The van der Waals surface area contributed by atoms with Crippen molar-refractivity contribution in [3.05, 3.63) is 77.2 Å². The van der Waals surface area contributed by atoms with Crippen LogP contribution in [0.15, 0.2) is 52.1 Å². The molecule has 162 valence electrons. The van der Waals surface area contributed by atoms with Crippen molar-refractivity contribution >= 4 is 89.5 Å². The minimum Gasteiger partial charge on any atom is -0.496 e. The lowest BCUT2D eigenvalue weighted by atomic mass is 10.2. The van der Waals surface area contributed by atoms with Crippen LogP contribution in [0, 0.1) is 0 Å². The van der Waals surface area contributed by atoms with Crippen molar-refractivity contribution in [1.29, 1.82) is 0 Å². The molecule has 2 unspecified atom stereocenters. The third kappa shape index (κ3) is 3.95. The smallest absolute Gasteiger partial charge is 0.151 e. The summed E-state index contributed by atoms with van der Waals surface area (Å²) in [6, 6.07) is 8.64. The first-order valence-corrected chi connectivity index (χ1v) is 15.3. The Labute approximate surface area is 211 Å². The molecule has 0 amide bonds. The zero-order valence-corrected chi connectivity index (χ0v) is 21.9. The summed E-state index contributed by atoms with van der Waals surface area (Å²) in [6.07, 6.45) is 7.73. The van der Waals surface area contributed by atoms with Crippen LogP contribution in [-0.4, -0.2) is 23.9 Å². The summed E-state index contributed by atoms with van der Waals surface area (Å²) in [4.78, 5) is 19.3. The number of fused-ring (bicyclic) bond motifs is 2. The lowest BCUT2D eigenvalue weighted by molar-refractivity contribution is 0.112. The molecular formula is C24H18O2S6. The average Bonchev–Trinajstić information content (AvgIpc) is 3.58. The topological polar surface area (TPSA) is 26.3 Å². The van der Waals surface area contributed by atoms with E-state index in [9.17, 15) is 4.79 Å².